The zero-order valence-corrected chi connectivity index (χ0v) is 15.8. The molecule has 4 saturated carbocycles. The molecule has 1 aromatic rings. The Labute approximate surface area is 159 Å². The lowest BCUT2D eigenvalue weighted by Crippen LogP contribution is -2.57. The maximum absolute atomic E-state index is 12.9. The Bertz CT molecular complexity index is 853. The molecule has 4 fully saturated rings. The van der Waals surface area contributed by atoms with Crippen LogP contribution in [-0.2, 0) is 0 Å². The van der Waals surface area contributed by atoms with E-state index in [2.05, 4.69) is 15.9 Å². The van der Waals surface area contributed by atoms with Crippen LogP contribution in [0.4, 0.5) is 5.69 Å². The molecule has 0 unspecified atom stereocenters. The van der Waals surface area contributed by atoms with Crippen molar-refractivity contribution < 1.29 is 14.5 Å². The lowest BCUT2D eigenvalue weighted by Gasteiger charge is -2.60. The molecule has 2 atom stereocenters. The van der Waals surface area contributed by atoms with Crippen LogP contribution in [0.3, 0.4) is 0 Å². The number of nitrogens with zero attached hydrogens (tertiary/aromatic N) is 2. The molecule has 26 heavy (non-hydrogen) atoms. The Morgan fingerprint density at radius 1 is 1.12 bits per heavy atom. The van der Waals surface area contributed by atoms with Gasteiger partial charge in [-0.15, -0.1) is 0 Å². The topological polar surface area (TPSA) is 80.5 Å². The average Bonchev–Trinajstić information content (AvgIpc) is 2.77. The van der Waals surface area contributed by atoms with Crippen molar-refractivity contribution in [3.05, 3.63) is 39.4 Å². The zero-order valence-electron chi connectivity index (χ0n) is 14.2. The summed E-state index contributed by atoms with van der Waals surface area (Å²) < 4.78 is 0.161. The molecule has 6 nitrogen and oxygen atoms in total. The Kier molecular flexibility index (Phi) is 3.25. The lowest BCUT2D eigenvalue weighted by atomic mass is 9.49. The Hall–Kier alpha value is -1.76. The molecule has 0 N–H and O–H groups in total. The van der Waals surface area contributed by atoms with Gasteiger partial charge in [-0.25, -0.2) is 0 Å². The van der Waals surface area contributed by atoms with Crippen LogP contribution < -0.4 is 0 Å². The fourth-order valence-corrected chi connectivity index (χ4v) is 7.90. The largest absolute Gasteiger partial charge is 0.274 e. The minimum atomic E-state index is -0.533. The van der Waals surface area contributed by atoms with Gasteiger partial charge in [-0.1, -0.05) is 15.9 Å². The van der Waals surface area contributed by atoms with Gasteiger partial charge >= 0.3 is 0 Å². The number of imide groups is 1. The quantitative estimate of drug-likeness (QED) is 0.322. The van der Waals surface area contributed by atoms with E-state index in [0.29, 0.717) is 23.9 Å². The van der Waals surface area contributed by atoms with Gasteiger partial charge in [0.25, 0.3) is 17.5 Å². The lowest BCUT2D eigenvalue weighted by molar-refractivity contribution is -0.384. The Balaban J connectivity index is 1.46. The summed E-state index contributed by atoms with van der Waals surface area (Å²) in [5.74, 6) is 0.658. The molecule has 1 aliphatic heterocycles. The molecule has 1 aromatic carbocycles. The first-order chi connectivity index (χ1) is 12.3. The predicted molar refractivity (Wildman–Crippen MR) is 97.2 cm³/mol. The second-order valence-electron chi connectivity index (χ2n) is 8.80. The van der Waals surface area contributed by atoms with Crippen LogP contribution in [0.2, 0.25) is 0 Å². The highest BCUT2D eigenvalue weighted by Gasteiger charge is 2.58. The van der Waals surface area contributed by atoms with Crippen molar-refractivity contribution in [2.45, 2.75) is 42.8 Å². The monoisotopic (exact) mass is 418 g/mol. The molecule has 7 heteroatoms. The van der Waals surface area contributed by atoms with Crippen LogP contribution in [0, 0.1) is 27.4 Å². The van der Waals surface area contributed by atoms with E-state index in [9.17, 15) is 19.7 Å². The first-order valence-corrected chi connectivity index (χ1v) is 9.90. The fraction of sp³-hybridized carbons (Fsp3) is 0.579. The van der Waals surface area contributed by atoms with Crippen molar-refractivity contribution in [1.29, 1.82) is 0 Å². The molecular formula is C19H19BrN2O4. The number of non-ortho nitro benzene ring substituents is 1. The van der Waals surface area contributed by atoms with E-state index in [-0.39, 0.29) is 32.8 Å². The van der Waals surface area contributed by atoms with Crippen LogP contribution in [0.1, 0.15) is 59.2 Å². The first kappa shape index (κ1) is 16.4. The summed E-state index contributed by atoms with van der Waals surface area (Å²) in [6.07, 6.45) is 6.80. The number of nitro benzene ring substituents is 1. The number of carbonyl (C=O) groups is 2. The molecule has 6 rings (SSSR count). The van der Waals surface area contributed by atoms with Gasteiger partial charge in [-0.3, -0.25) is 24.6 Å². The maximum atomic E-state index is 12.9. The number of fused-ring (bicyclic) bond motifs is 1. The molecule has 4 bridgehead atoms. The number of nitro groups is 1. The van der Waals surface area contributed by atoms with E-state index < -0.39 is 4.92 Å². The molecule has 0 aromatic heterocycles. The molecule has 0 saturated heterocycles. The summed E-state index contributed by atoms with van der Waals surface area (Å²) in [4.78, 5) is 37.5. The third kappa shape index (κ3) is 2.29. The van der Waals surface area contributed by atoms with Crippen LogP contribution in [0.15, 0.2) is 18.2 Å². The summed E-state index contributed by atoms with van der Waals surface area (Å²) in [5.41, 5.74) is 0.301. The van der Waals surface area contributed by atoms with Crippen LogP contribution in [0.5, 0.6) is 0 Å². The minimum absolute atomic E-state index is 0.00706. The standard InChI is InChI=1S/C19H19BrN2O4/c20-19-7-11-3-12(8-19)6-18(5-11,9-19)10-21-16(23)14-2-1-13(22(25)26)4-15(14)17(21)24/h1-2,4,11-12H,3,5-10H2/t11-,12-,18?,19?/m0/s1. The van der Waals surface area contributed by atoms with E-state index in [4.69, 9.17) is 0 Å². The fourth-order valence-electron chi connectivity index (χ4n) is 6.39. The third-order valence-electron chi connectivity index (χ3n) is 6.77. The molecule has 136 valence electrons. The number of halogens is 1. The van der Waals surface area contributed by atoms with Gasteiger partial charge in [0.2, 0.25) is 0 Å². The highest BCUT2D eigenvalue weighted by Crippen LogP contribution is 2.64. The van der Waals surface area contributed by atoms with Gasteiger partial charge in [0.15, 0.2) is 0 Å². The van der Waals surface area contributed by atoms with Crippen molar-refractivity contribution >= 4 is 33.4 Å². The summed E-state index contributed by atoms with van der Waals surface area (Å²) in [6.45, 7) is 0.438. The van der Waals surface area contributed by atoms with E-state index in [0.717, 1.165) is 19.3 Å². The number of alkyl halides is 1. The smallest absolute Gasteiger partial charge is 0.270 e. The molecule has 0 radical (unpaired) electrons. The maximum Gasteiger partial charge on any atom is 0.270 e. The van der Waals surface area contributed by atoms with Gasteiger partial charge in [-0.05, 0) is 61.8 Å². The van der Waals surface area contributed by atoms with Crippen molar-refractivity contribution in [2.75, 3.05) is 6.54 Å². The summed E-state index contributed by atoms with van der Waals surface area (Å²) in [5, 5.41) is 11.0. The van der Waals surface area contributed by atoms with Crippen LogP contribution in [0.25, 0.3) is 0 Å². The van der Waals surface area contributed by atoms with Crippen molar-refractivity contribution in [3.8, 4) is 0 Å². The number of amides is 2. The minimum Gasteiger partial charge on any atom is -0.274 e. The second-order valence-corrected chi connectivity index (χ2v) is 10.5. The summed E-state index contributed by atoms with van der Waals surface area (Å²) >= 11 is 3.96. The van der Waals surface area contributed by atoms with Gasteiger partial charge < -0.3 is 0 Å². The molecule has 1 heterocycles. The van der Waals surface area contributed by atoms with Crippen molar-refractivity contribution in [1.82, 2.24) is 4.90 Å². The highest BCUT2D eigenvalue weighted by atomic mass is 79.9. The summed E-state index contributed by atoms with van der Waals surface area (Å²) in [7, 11) is 0. The number of hydrogen-bond donors (Lipinski definition) is 0. The first-order valence-electron chi connectivity index (χ1n) is 9.11. The van der Waals surface area contributed by atoms with E-state index in [1.54, 1.807) is 0 Å². The predicted octanol–water partition coefficient (Wildman–Crippen LogP) is 3.92. The molecule has 5 aliphatic rings. The van der Waals surface area contributed by atoms with Crippen LogP contribution in [-0.4, -0.2) is 32.5 Å². The molecule has 2 amide bonds. The Morgan fingerprint density at radius 3 is 2.38 bits per heavy atom. The Morgan fingerprint density at radius 2 is 1.77 bits per heavy atom. The van der Waals surface area contributed by atoms with E-state index >= 15 is 0 Å². The normalized spacial score (nSPS) is 37.3. The third-order valence-corrected chi connectivity index (χ3v) is 7.70. The molecule has 4 aliphatic carbocycles. The van der Waals surface area contributed by atoms with Crippen molar-refractivity contribution in [3.63, 3.8) is 0 Å². The number of rotatable bonds is 3. The number of benzene rings is 1. The van der Waals surface area contributed by atoms with Gasteiger partial charge in [0.1, 0.15) is 0 Å². The average molecular weight is 419 g/mol. The van der Waals surface area contributed by atoms with Gasteiger partial charge in [0.05, 0.1) is 16.1 Å². The van der Waals surface area contributed by atoms with Crippen molar-refractivity contribution in [2.24, 2.45) is 17.3 Å². The second kappa shape index (κ2) is 5.15. The number of carbonyl (C=O) groups excluding carboxylic acids is 2. The SMILES string of the molecule is O=C1c2ccc([N+](=O)[O-])cc2C(=O)N1CC12C[C@@H]3C[C@H](CC(Br)(C3)C1)C2. The summed E-state index contributed by atoms with van der Waals surface area (Å²) in [6, 6.07) is 3.95. The van der Waals surface area contributed by atoms with E-state index in [1.807, 2.05) is 0 Å². The van der Waals surface area contributed by atoms with E-state index in [1.165, 1.54) is 42.4 Å². The highest BCUT2D eigenvalue weighted by molar-refractivity contribution is 9.10. The molecular weight excluding hydrogens is 400 g/mol. The van der Waals surface area contributed by atoms with Gasteiger partial charge in [-0.2, -0.15) is 0 Å². The molecule has 0 spiro atoms. The van der Waals surface area contributed by atoms with Gasteiger partial charge in [0, 0.05) is 23.0 Å². The zero-order chi connectivity index (χ0) is 18.3. The van der Waals surface area contributed by atoms with Crippen LogP contribution >= 0.6 is 15.9 Å². The number of hydrogen-bond acceptors (Lipinski definition) is 4.